The summed E-state index contributed by atoms with van der Waals surface area (Å²) >= 11 is 0. The molecular formula is C75H132O6. The summed E-state index contributed by atoms with van der Waals surface area (Å²) in [6, 6.07) is 0. The van der Waals surface area contributed by atoms with Crippen molar-refractivity contribution in [2.45, 2.75) is 361 Å². The van der Waals surface area contributed by atoms with Crippen LogP contribution >= 0.6 is 0 Å². The van der Waals surface area contributed by atoms with Gasteiger partial charge in [-0.15, -0.1) is 0 Å². The van der Waals surface area contributed by atoms with Crippen LogP contribution in [0.25, 0.3) is 0 Å². The Balaban J connectivity index is 4.28. The van der Waals surface area contributed by atoms with Crippen LogP contribution in [0.1, 0.15) is 355 Å². The highest BCUT2D eigenvalue weighted by atomic mass is 16.6. The maximum absolute atomic E-state index is 12.9. The van der Waals surface area contributed by atoms with Gasteiger partial charge in [0.25, 0.3) is 0 Å². The van der Waals surface area contributed by atoms with E-state index in [1.807, 2.05) is 0 Å². The maximum atomic E-state index is 12.9. The van der Waals surface area contributed by atoms with Crippen molar-refractivity contribution in [1.29, 1.82) is 0 Å². The summed E-state index contributed by atoms with van der Waals surface area (Å²) in [6.07, 6.45) is 91.8. The van der Waals surface area contributed by atoms with Crippen LogP contribution < -0.4 is 0 Å². The molecule has 0 saturated heterocycles. The monoisotopic (exact) mass is 1130 g/mol. The lowest BCUT2D eigenvalue weighted by molar-refractivity contribution is -0.167. The van der Waals surface area contributed by atoms with E-state index >= 15 is 0 Å². The van der Waals surface area contributed by atoms with Gasteiger partial charge in [0, 0.05) is 19.3 Å². The Hall–Kier alpha value is -3.41. The topological polar surface area (TPSA) is 78.9 Å². The molecule has 0 aliphatic carbocycles. The summed E-state index contributed by atoms with van der Waals surface area (Å²) in [6.45, 7) is 6.58. The van der Waals surface area contributed by atoms with Crippen LogP contribution in [-0.2, 0) is 28.6 Å². The molecule has 0 aliphatic rings. The predicted octanol–water partition coefficient (Wildman–Crippen LogP) is 24.2. The maximum Gasteiger partial charge on any atom is 0.306 e. The second kappa shape index (κ2) is 69.1. The van der Waals surface area contributed by atoms with E-state index in [-0.39, 0.29) is 31.1 Å². The summed E-state index contributed by atoms with van der Waals surface area (Å²) in [5.74, 6) is -0.889. The molecule has 6 heteroatoms. The normalized spacial score (nSPS) is 12.6. The van der Waals surface area contributed by atoms with E-state index in [9.17, 15) is 14.4 Å². The average Bonchev–Trinajstić information content (AvgIpc) is 3.46. The van der Waals surface area contributed by atoms with Crippen molar-refractivity contribution < 1.29 is 28.6 Å². The second-order valence-corrected chi connectivity index (χ2v) is 23.4. The Kier molecular flexibility index (Phi) is 66.2. The van der Waals surface area contributed by atoms with Gasteiger partial charge in [0.1, 0.15) is 13.2 Å². The molecule has 0 aliphatic heterocycles. The standard InChI is InChI=1S/C75H132O6/c1-4-7-10-13-16-19-22-25-27-29-31-33-35-36-37-38-40-41-43-45-47-50-53-56-59-62-65-68-74(77)80-71-72(70-79-73(76)67-64-61-58-55-52-49-24-21-18-15-12-9-6-3)81-75(78)69-66-63-60-57-54-51-48-46-44-42-39-34-32-30-28-26-23-20-17-14-11-8-5-2/h12,15,21-26,29-32,39,42,72H,4-11,13-14,16-20,27-28,33-38,40-41,43-71H2,1-3H3/b15-12-,24-21-,25-22-,26-23-,31-29-,32-30-,42-39-. The number of ether oxygens (including phenoxy) is 3. The lowest BCUT2D eigenvalue weighted by atomic mass is 10.0. The highest BCUT2D eigenvalue weighted by molar-refractivity contribution is 5.71. The first kappa shape index (κ1) is 77.6. The third-order valence-electron chi connectivity index (χ3n) is 15.3. The SMILES string of the molecule is CCC/C=C\C/C=C\CCCCCCCC(=O)OCC(COC(=O)CCCCCCCCCCCCCCCCC/C=C\C/C=C\CCCCCCC)OC(=O)CCCCCCCCCC/C=C\C/C=C\C/C=C\CCCCCCC. The number of carbonyl (C=O) groups is 3. The predicted molar refractivity (Wildman–Crippen MR) is 353 cm³/mol. The molecule has 1 atom stereocenters. The minimum atomic E-state index is -0.788. The molecule has 0 heterocycles. The van der Waals surface area contributed by atoms with Crippen LogP contribution in [0.2, 0.25) is 0 Å². The summed E-state index contributed by atoms with van der Waals surface area (Å²) in [7, 11) is 0. The Morgan fingerprint density at radius 1 is 0.247 bits per heavy atom. The van der Waals surface area contributed by atoms with Crippen molar-refractivity contribution in [3.63, 3.8) is 0 Å². The van der Waals surface area contributed by atoms with Gasteiger partial charge in [0.05, 0.1) is 0 Å². The number of unbranched alkanes of at least 4 members (excludes halogenated alkanes) is 39. The third kappa shape index (κ3) is 67.3. The number of rotatable bonds is 64. The minimum absolute atomic E-state index is 0.0823. The molecule has 0 fully saturated rings. The van der Waals surface area contributed by atoms with Gasteiger partial charge in [-0.3, -0.25) is 14.4 Å². The number of carbonyl (C=O) groups excluding carboxylic acids is 3. The first-order valence-corrected chi connectivity index (χ1v) is 35.1. The van der Waals surface area contributed by atoms with Gasteiger partial charge in [0.15, 0.2) is 6.10 Å². The molecule has 0 amide bonds. The van der Waals surface area contributed by atoms with Crippen molar-refractivity contribution in [3.05, 3.63) is 85.1 Å². The fourth-order valence-electron chi connectivity index (χ4n) is 10.1. The Morgan fingerprint density at radius 3 is 0.741 bits per heavy atom. The van der Waals surface area contributed by atoms with Crippen LogP contribution in [0.4, 0.5) is 0 Å². The highest BCUT2D eigenvalue weighted by Crippen LogP contribution is 2.17. The zero-order valence-electron chi connectivity index (χ0n) is 53.8. The first-order chi connectivity index (χ1) is 40.0. The zero-order chi connectivity index (χ0) is 58.5. The molecule has 0 aromatic rings. The quantitative estimate of drug-likeness (QED) is 0.0261. The molecule has 0 aromatic heterocycles. The Bertz CT molecular complexity index is 1530. The average molecular weight is 1130 g/mol. The third-order valence-corrected chi connectivity index (χ3v) is 15.3. The van der Waals surface area contributed by atoms with Crippen LogP contribution in [0, 0.1) is 0 Å². The van der Waals surface area contributed by atoms with E-state index in [0.717, 1.165) is 109 Å². The van der Waals surface area contributed by atoms with Crippen molar-refractivity contribution in [2.75, 3.05) is 13.2 Å². The molecule has 0 N–H and O–H groups in total. The molecule has 6 nitrogen and oxygen atoms in total. The zero-order valence-corrected chi connectivity index (χ0v) is 53.8. The van der Waals surface area contributed by atoms with Crippen molar-refractivity contribution in [1.82, 2.24) is 0 Å². The smallest absolute Gasteiger partial charge is 0.306 e. The molecule has 0 bridgehead atoms. The lowest BCUT2D eigenvalue weighted by Gasteiger charge is -2.18. The van der Waals surface area contributed by atoms with Crippen LogP contribution in [-0.4, -0.2) is 37.2 Å². The Morgan fingerprint density at radius 2 is 0.469 bits per heavy atom. The number of esters is 3. The Labute approximate surface area is 503 Å². The van der Waals surface area contributed by atoms with Gasteiger partial charge in [-0.2, -0.15) is 0 Å². The molecule has 0 aromatic carbocycles. The van der Waals surface area contributed by atoms with Crippen molar-refractivity contribution in [3.8, 4) is 0 Å². The van der Waals surface area contributed by atoms with Crippen LogP contribution in [0.3, 0.4) is 0 Å². The second-order valence-electron chi connectivity index (χ2n) is 23.4. The lowest BCUT2D eigenvalue weighted by Crippen LogP contribution is -2.30. The molecule has 0 spiro atoms. The van der Waals surface area contributed by atoms with Gasteiger partial charge in [-0.05, 0) is 116 Å². The highest BCUT2D eigenvalue weighted by Gasteiger charge is 2.19. The molecule has 1 unspecified atom stereocenters. The molecule has 0 radical (unpaired) electrons. The summed E-state index contributed by atoms with van der Waals surface area (Å²) in [5, 5.41) is 0. The van der Waals surface area contributed by atoms with E-state index in [1.54, 1.807) is 0 Å². The summed E-state index contributed by atoms with van der Waals surface area (Å²) < 4.78 is 17.0. The van der Waals surface area contributed by atoms with E-state index in [1.165, 1.54) is 205 Å². The molecule has 81 heavy (non-hydrogen) atoms. The van der Waals surface area contributed by atoms with E-state index in [2.05, 4.69) is 106 Å². The molecule has 0 rings (SSSR count). The van der Waals surface area contributed by atoms with Gasteiger partial charge in [-0.25, -0.2) is 0 Å². The van der Waals surface area contributed by atoms with E-state index in [4.69, 9.17) is 14.2 Å². The molecule has 0 saturated carbocycles. The van der Waals surface area contributed by atoms with Gasteiger partial charge in [-0.1, -0.05) is 305 Å². The fraction of sp³-hybridized carbons (Fsp3) is 0.773. The number of hydrogen-bond acceptors (Lipinski definition) is 6. The van der Waals surface area contributed by atoms with E-state index in [0.29, 0.717) is 19.3 Å². The fourth-order valence-corrected chi connectivity index (χ4v) is 10.1. The van der Waals surface area contributed by atoms with Crippen molar-refractivity contribution in [2.24, 2.45) is 0 Å². The summed E-state index contributed by atoms with van der Waals surface area (Å²) in [5.41, 5.74) is 0. The van der Waals surface area contributed by atoms with Gasteiger partial charge >= 0.3 is 17.9 Å². The van der Waals surface area contributed by atoms with E-state index < -0.39 is 6.10 Å². The minimum Gasteiger partial charge on any atom is -0.462 e. The first-order valence-electron chi connectivity index (χ1n) is 35.1. The van der Waals surface area contributed by atoms with Crippen molar-refractivity contribution >= 4 is 17.9 Å². The van der Waals surface area contributed by atoms with Crippen LogP contribution in [0.5, 0.6) is 0 Å². The molecular weight excluding hydrogens is 997 g/mol. The molecule has 468 valence electrons. The number of allylic oxidation sites excluding steroid dienone is 14. The number of hydrogen-bond donors (Lipinski definition) is 0. The summed E-state index contributed by atoms with van der Waals surface area (Å²) in [4.78, 5) is 38.4. The van der Waals surface area contributed by atoms with Gasteiger partial charge in [0.2, 0.25) is 0 Å². The largest absolute Gasteiger partial charge is 0.462 e. The van der Waals surface area contributed by atoms with Crippen LogP contribution in [0.15, 0.2) is 85.1 Å². The van der Waals surface area contributed by atoms with Gasteiger partial charge < -0.3 is 14.2 Å².